The highest BCUT2D eigenvalue weighted by atomic mass is 35.5. The maximum absolute atomic E-state index is 14.0. The van der Waals surface area contributed by atoms with E-state index < -0.39 is 11.8 Å². The fourth-order valence-electron chi connectivity index (χ4n) is 2.08. The molecule has 0 aliphatic carbocycles. The van der Waals surface area contributed by atoms with E-state index in [-0.39, 0.29) is 5.56 Å². The number of hydrogen-bond acceptors (Lipinski definition) is 1. The largest absolute Gasteiger partial charge is 0.349 e. The summed E-state index contributed by atoms with van der Waals surface area (Å²) in [7, 11) is 0. The predicted octanol–water partition coefficient (Wildman–Crippen LogP) is 3.44. The fraction of sp³-hybridized carbons (Fsp3) is 0.462. The van der Waals surface area contributed by atoms with Crippen LogP contribution in [-0.2, 0) is 10.7 Å². The van der Waals surface area contributed by atoms with Gasteiger partial charge in [0.25, 0.3) is 5.91 Å². The summed E-state index contributed by atoms with van der Waals surface area (Å²) in [6.07, 6.45) is 2.58. The molecule has 0 unspecified atom stereocenters. The van der Waals surface area contributed by atoms with Crippen molar-refractivity contribution in [2.75, 3.05) is 13.1 Å². The normalized spacial score (nSPS) is 16.7. The van der Waals surface area contributed by atoms with Gasteiger partial charge in [0.1, 0.15) is 0 Å². The summed E-state index contributed by atoms with van der Waals surface area (Å²) < 4.78 is 28.1. The lowest BCUT2D eigenvalue weighted by Crippen LogP contribution is -2.44. The quantitative estimate of drug-likeness (QED) is 0.808. The van der Waals surface area contributed by atoms with Crippen LogP contribution in [0.25, 0.3) is 0 Å². The molecule has 1 aromatic carbocycles. The minimum atomic E-state index is -3.47. The van der Waals surface area contributed by atoms with Crippen molar-refractivity contribution in [2.24, 2.45) is 0 Å². The third kappa shape index (κ3) is 2.64. The van der Waals surface area contributed by atoms with E-state index in [9.17, 15) is 13.6 Å². The summed E-state index contributed by atoms with van der Waals surface area (Å²) in [6.45, 7) is 0.837. The van der Waals surface area contributed by atoms with Crippen LogP contribution in [-0.4, -0.2) is 23.9 Å². The number of carbonyl (C=O) groups excluding carboxylic acids is 1. The Hall–Kier alpha value is -1.16. The van der Waals surface area contributed by atoms with Gasteiger partial charge >= 0.3 is 5.92 Å². The van der Waals surface area contributed by atoms with Gasteiger partial charge in [0.2, 0.25) is 0 Å². The number of alkyl halides is 2. The number of nitrogens with zero attached hydrogens (tertiary/aromatic N) is 1. The summed E-state index contributed by atoms with van der Waals surface area (Å²) in [6, 6.07) is 5.14. The van der Waals surface area contributed by atoms with Gasteiger partial charge in [-0.05, 0) is 31.4 Å². The molecule has 0 N–H and O–H groups in total. The van der Waals surface area contributed by atoms with Crippen molar-refractivity contribution in [2.45, 2.75) is 25.2 Å². The number of halogens is 3. The summed E-state index contributed by atoms with van der Waals surface area (Å²) >= 11 is 5.65. The highest BCUT2D eigenvalue weighted by Gasteiger charge is 2.43. The lowest BCUT2D eigenvalue weighted by molar-refractivity contribution is -0.160. The van der Waals surface area contributed by atoms with E-state index in [0.29, 0.717) is 18.1 Å². The van der Waals surface area contributed by atoms with Crippen molar-refractivity contribution in [3.8, 4) is 0 Å². The summed E-state index contributed by atoms with van der Waals surface area (Å²) in [5, 5.41) is 0.375. The van der Waals surface area contributed by atoms with Gasteiger partial charge in [-0.15, -0.1) is 0 Å². The SMILES string of the molecule is O=C(N1CCCCC1)C(F)(F)c1ccc(Cl)cc1. The highest BCUT2D eigenvalue weighted by molar-refractivity contribution is 6.30. The van der Waals surface area contributed by atoms with Gasteiger partial charge in [-0.25, -0.2) is 0 Å². The van der Waals surface area contributed by atoms with E-state index in [4.69, 9.17) is 11.6 Å². The van der Waals surface area contributed by atoms with E-state index in [2.05, 4.69) is 0 Å². The van der Waals surface area contributed by atoms with Gasteiger partial charge in [-0.3, -0.25) is 4.79 Å². The molecule has 1 fully saturated rings. The van der Waals surface area contributed by atoms with Crippen molar-refractivity contribution >= 4 is 17.5 Å². The second kappa shape index (κ2) is 5.22. The lowest BCUT2D eigenvalue weighted by Gasteiger charge is -2.30. The minimum Gasteiger partial charge on any atom is -0.337 e. The third-order valence-corrected chi connectivity index (χ3v) is 3.37. The van der Waals surface area contributed by atoms with E-state index in [0.717, 1.165) is 19.3 Å². The summed E-state index contributed by atoms with van der Waals surface area (Å²) in [5.74, 6) is -4.58. The molecule has 18 heavy (non-hydrogen) atoms. The van der Waals surface area contributed by atoms with Crippen molar-refractivity contribution in [1.82, 2.24) is 4.90 Å². The molecule has 1 aliphatic rings. The van der Waals surface area contributed by atoms with Crippen molar-refractivity contribution in [3.63, 3.8) is 0 Å². The zero-order chi connectivity index (χ0) is 13.2. The molecule has 0 radical (unpaired) electrons. The Morgan fingerprint density at radius 1 is 1.11 bits per heavy atom. The molecule has 5 heteroatoms. The lowest BCUT2D eigenvalue weighted by atomic mass is 10.1. The third-order valence-electron chi connectivity index (χ3n) is 3.12. The molecular weight excluding hydrogens is 260 g/mol. The Labute approximate surface area is 110 Å². The van der Waals surface area contributed by atoms with Crippen LogP contribution in [0.5, 0.6) is 0 Å². The molecule has 98 valence electrons. The molecule has 0 atom stereocenters. The summed E-state index contributed by atoms with van der Waals surface area (Å²) in [4.78, 5) is 13.1. The van der Waals surface area contributed by atoms with Gasteiger partial charge < -0.3 is 4.90 Å². The zero-order valence-electron chi connectivity index (χ0n) is 9.83. The van der Waals surface area contributed by atoms with Crippen molar-refractivity contribution in [3.05, 3.63) is 34.9 Å². The molecule has 1 aromatic rings. The second-order valence-corrected chi connectivity index (χ2v) is 4.87. The first kappa shape index (κ1) is 13.3. The average Bonchev–Trinajstić information content (AvgIpc) is 2.39. The number of rotatable bonds is 2. The number of benzene rings is 1. The maximum atomic E-state index is 14.0. The zero-order valence-corrected chi connectivity index (χ0v) is 10.6. The molecule has 0 aromatic heterocycles. The topological polar surface area (TPSA) is 20.3 Å². The molecule has 1 heterocycles. The van der Waals surface area contributed by atoms with E-state index in [1.54, 1.807) is 0 Å². The van der Waals surface area contributed by atoms with E-state index >= 15 is 0 Å². The van der Waals surface area contributed by atoms with E-state index in [1.807, 2.05) is 0 Å². The molecule has 2 nitrogen and oxygen atoms in total. The van der Waals surface area contributed by atoms with Gasteiger partial charge in [0.05, 0.1) is 0 Å². The number of likely N-dealkylation sites (tertiary alicyclic amines) is 1. The van der Waals surface area contributed by atoms with Gasteiger partial charge in [-0.1, -0.05) is 23.7 Å². The first-order valence-corrected chi connectivity index (χ1v) is 6.33. The Morgan fingerprint density at radius 3 is 2.22 bits per heavy atom. The van der Waals surface area contributed by atoms with Crippen LogP contribution in [0.4, 0.5) is 8.78 Å². The van der Waals surface area contributed by atoms with Crippen LogP contribution >= 0.6 is 11.6 Å². The van der Waals surface area contributed by atoms with Crippen LogP contribution < -0.4 is 0 Å². The van der Waals surface area contributed by atoms with Crippen molar-refractivity contribution in [1.29, 1.82) is 0 Å². The predicted molar refractivity (Wildman–Crippen MR) is 65.8 cm³/mol. The molecule has 1 saturated heterocycles. The molecule has 1 amide bonds. The first-order chi connectivity index (χ1) is 8.51. The molecule has 2 rings (SSSR count). The Bertz CT molecular complexity index is 427. The summed E-state index contributed by atoms with van der Waals surface area (Å²) in [5.41, 5.74) is -0.303. The fourth-order valence-corrected chi connectivity index (χ4v) is 2.20. The van der Waals surface area contributed by atoms with Gasteiger partial charge in [0.15, 0.2) is 0 Å². The van der Waals surface area contributed by atoms with Crippen LogP contribution in [0.15, 0.2) is 24.3 Å². The standard InChI is InChI=1S/C13H14ClF2NO/c14-11-6-4-10(5-7-11)13(15,16)12(18)17-8-2-1-3-9-17/h4-7H,1-3,8-9H2. The maximum Gasteiger partial charge on any atom is 0.349 e. The van der Waals surface area contributed by atoms with E-state index in [1.165, 1.54) is 29.2 Å². The monoisotopic (exact) mass is 273 g/mol. The molecule has 0 bridgehead atoms. The number of piperidine rings is 1. The van der Waals surface area contributed by atoms with Crippen LogP contribution in [0.1, 0.15) is 24.8 Å². The van der Waals surface area contributed by atoms with Crippen LogP contribution in [0.3, 0.4) is 0 Å². The van der Waals surface area contributed by atoms with Gasteiger partial charge in [0, 0.05) is 23.7 Å². The minimum absolute atomic E-state index is 0.303. The smallest absolute Gasteiger partial charge is 0.337 e. The Kier molecular flexibility index (Phi) is 3.85. The Morgan fingerprint density at radius 2 is 1.67 bits per heavy atom. The molecule has 0 spiro atoms. The Balaban J connectivity index is 2.18. The molecule has 1 aliphatic heterocycles. The highest BCUT2D eigenvalue weighted by Crippen LogP contribution is 2.32. The first-order valence-electron chi connectivity index (χ1n) is 5.95. The number of hydrogen-bond donors (Lipinski definition) is 0. The molecular formula is C13H14ClF2NO. The number of carbonyl (C=O) groups is 1. The number of amides is 1. The second-order valence-electron chi connectivity index (χ2n) is 4.43. The van der Waals surface area contributed by atoms with Gasteiger partial charge in [-0.2, -0.15) is 8.78 Å². The van der Waals surface area contributed by atoms with Crippen molar-refractivity contribution < 1.29 is 13.6 Å². The molecule has 0 saturated carbocycles. The van der Waals surface area contributed by atoms with Crippen LogP contribution in [0.2, 0.25) is 5.02 Å². The van der Waals surface area contributed by atoms with Crippen LogP contribution in [0, 0.1) is 0 Å². The average molecular weight is 274 g/mol.